The minimum absolute atomic E-state index is 0.0575. The molecule has 1 aromatic heterocycles. The molecule has 1 heterocycles. The van der Waals surface area contributed by atoms with Gasteiger partial charge in [0.15, 0.2) is 5.82 Å². The van der Waals surface area contributed by atoms with Crippen molar-refractivity contribution < 1.29 is 14.3 Å². The average molecular weight is 546 g/mol. The van der Waals surface area contributed by atoms with Crippen molar-refractivity contribution in [2.24, 2.45) is 16.1 Å². The number of ether oxygens (including phenoxy) is 1. The molecule has 3 aromatic rings. The zero-order valence-corrected chi connectivity index (χ0v) is 24.2. The fourth-order valence-corrected chi connectivity index (χ4v) is 3.52. The van der Waals surface area contributed by atoms with Crippen molar-refractivity contribution in [1.82, 2.24) is 15.3 Å². The summed E-state index contributed by atoms with van der Waals surface area (Å²) >= 11 is 0. The number of benzene rings is 2. The van der Waals surface area contributed by atoms with Crippen LogP contribution in [0.2, 0.25) is 0 Å². The van der Waals surface area contributed by atoms with Gasteiger partial charge in [0, 0.05) is 23.5 Å². The predicted octanol–water partition coefficient (Wildman–Crippen LogP) is 5.06. The Morgan fingerprint density at radius 2 is 1.60 bits per heavy atom. The Bertz CT molecular complexity index is 1290. The largest absolute Gasteiger partial charge is 0.459 e. The first-order valence-electron chi connectivity index (χ1n) is 12.8. The van der Waals surface area contributed by atoms with E-state index < -0.39 is 11.6 Å². The van der Waals surface area contributed by atoms with Gasteiger partial charge in [-0.2, -0.15) is 5.10 Å². The third-order valence-electron chi connectivity index (χ3n) is 5.74. The maximum Gasteiger partial charge on any atom is 0.323 e. The van der Waals surface area contributed by atoms with Crippen LogP contribution in [0.4, 0.5) is 0 Å². The van der Waals surface area contributed by atoms with Crippen LogP contribution < -0.4 is 11.2 Å². The van der Waals surface area contributed by atoms with Gasteiger partial charge in [-0.25, -0.2) is 15.5 Å². The molecule has 2 aromatic carbocycles. The number of hydrazone groups is 1. The summed E-state index contributed by atoms with van der Waals surface area (Å²) in [5.74, 6) is 5.47. The first-order chi connectivity index (χ1) is 18.8. The van der Waals surface area contributed by atoms with Gasteiger partial charge in [0.25, 0.3) is 0 Å². The summed E-state index contributed by atoms with van der Waals surface area (Å²) in [7, 11) is 1.74. The second kappa shape index (κ2) is 14.2. The minimum atomic E-state index is -0.527. The number of nitrogens with zero attached hydrogens (tertiary/aromatic N) is 4. The number of hydrogen-bond acceptors (Lipinski definition) is 9. The Morgan fingerprint density at radius 3 is 2.02 bits per heavy atom. The lowest BCUT2D eigenvalue weighted by atomic mass is 9.87. The van der Waals surface area contributed by atoms with Gasteiger partial charge in [-0.15, -0.1) is 5.11 Å². The molecule has 0 aliphatic heterocycles. The SMILES string of the molecule is CC(C)(C)c1ccc(C=O)cc1.CNC(Cc1ccc(-c2ncc(/C(N=N)=N/N)cn2)cc1)C(=O)OC(C)(C)C. The molecule has 3 rings (SSSR count). The molecule has 40 heavy (non-hydrogen) atoms. The molecule has 0 aliphatic rings. The van der Waals surface area contributed by atoms with Gasteiger partial charge < -0.3 is 15.9 Å². The molecular formula is C30H39N7O3. The molecule has 0 amide bonds. The fraction of sp³-hybridized carbons (Fsp3) is 0.367. The second-order valence-corrected chi connectivity index (χ2v) is 11.1. The molecule has 0 aliphatic carbocycles. The second-order valence-electron chi connectivity index (χ2n) is 11.1. The molecule has 1 atom stereocenters. The number of hydrogen-bond donors (Lipinski definition) is 3. The normalized spacial score (nSPS) is 12.5. The van der Waals surface area contributed by atoms with E-state index in [1.807, 2.05) is 69.3 Å². The van der Waals surface area contributed by atoms with E-state index in [0.717, 1.165) is 23.0 Å². The van der Waals surface area contributed by atoms with Crippen molar-refractivity contribution in [3.63, 3.8) is 0 Å². The van der Waals surface area contributed by atoms with Gasteiger partial charge >= 0.3 is 5.97 Å². The number of amidine groups is 1. The van der Waals surface area contributed by atoms with E-state index in [1.54, 1.807) is 7.05 Å². The van der Waals surface area contributed by atoms with E-state index in [9.17, 15) is 9.59 Å². The van der Waals surface area contributed by atoms with Crippen molar-refractivity contribution in [1.29, 1.82) is 5.53 Å². The Labute approximate surface area is 236 Å². The number of esters is 1. The first kappa shape index (κ1) is 31.9. The number of aromatic nitrogens is 2. The fourth-order valence-electron chi connectivity index (χ4n) is 3.52. The summed E-state index contributed by atoms with van der Waals surface area (Å²) in [5.41, 5.74) is 10.9. The summed E-state index contributed by atoms with van der Waals surface area (Å²) in [4.78, 5) is 31.2. The zero-order valence-electron chi connectivity index (χ0n) is 24.2. The highest BCUT2D eigenvalue weighted by molar-refractivity contribution is 5.98. The molecule has 0 radical (unpaired) electrons. The maximum atomic E-state index is 12.3. The summed E-state index contributed by atoms with van der Waals surface area (Å²) in [6.07, 6.45) is 4.40. The molecule has 0 saturated carbocycles. The summed E-state index contributed by atoms with van der Waals surface area (Å²) < 4.78 is 5.44. The van der Waals surface area contributed by atoms with Gasteiger partial charge in [-0.05, 0) is 50.8 Å². The quantitative estimate of drug-likeness (QED) is 0.0712. The zero-order chi connectivity index (χ0) is 29.9. The van der Waals surface area contributed by atoms with E-state index in [1.165, 1.54) is 18.0 Å². The first-order valence-corrected chi connectivity index (χ1v) is 12.8. The van der Waals surface area contributed by atoms with E-state index in [-0.39, 0.29) is 17.2 Å². The van der Waals surface area contributed by atoms with Gasteiger partial charge in [0.05, 0.1) is 5.56 Å². The van der Waals surface area contributed by atoms with E-state index in [4.69, 9.17) is 16.1 Å². The number of carbonyl (C=O) groups is 2. The minimum Gasteiger partial charge on any atom is -0.459 e. The standard InChI is InChI=1S/C19H25N7O2.C11H14O/c1-19(2,3)28-18(27)15(22-4)9-12-5-7-13(8-6-12)16-23-10-14(11-24-16)17(25-20)26-21;1-11(2,3)10-6-4-9(8-12)5-7-10/h5-8,10-11,15,20,22H,9,21H2,1-4H3;4-8H,1-3H3/b25-20?,26-17-;. The van der Waals surface area contributed by atoms with Crippen LogP contribution in [0.5, 0.6) is 0 Å². The average Bonchev–Trinajstić information content (AvgIpc) is 2.92. The molecule has 1 unspecified atom stereocenters. The van der Waals surface area contributed by atoms with Gasteiger partial charge in [-0.3, -0.25) is 9.59 Å². The monoisotopic (exact) mass is 545 g/mol. The number of nitrogens with one attached hydrogen (secondary N) is 2. The number of rotatable bonds is 7. The van der Waals surface area contributed by atoms with Crippen LogP contribution in [0.15, 0.2) is 71.1 Å². The molecule has 0 spiro atoms. The highest BCUT2D eigenvalue weighted by Crippen LogP contribution is 2.22. The van der Waals surface area contributed by atoms with Crippen molar-refractivity contribution in [3.8, 4) is 11.4 Å². The third kappa shape index (κ3) is 9.77. The van der Waals surface area contributed by atoms with Crippen LogP contribution in [-0.2, 0) is 21.4 Å². The molecule has 0 fully saturated rings. The van der Waals surface area contributed by atoms with Crippen molar-refractivity contribution in [3.05, 3.63) is 83.2 Å². The molecule has 212 valence electrons. The molecule has 0 saturated heterocycles. The van der Waals surface area contributed by atoms with Gasteiger partial charge in [-0.1, -0.05) is 69.3 Å². The Hall–Kier alpha value is -4.31. The number of nitrogens with two attached hydrogens (primary N) is 1. The topological polar surface area (TPSA) is 156 Å². The molecule has 4 N–H and O–H groups in total. The van der Waals surface area contributed by atoms with Crippen LogP contribution in [0.3, 0.4) is 0 Å². The van der Waals surface area contributed by atoms with Crippen LogP contribution >= 0.6 is 0 Å². The van der Waals surface area contributed by atoms with Crippen molar-refractivity contribution in [2.45, 2.75) is 65.0 Å². The molecular weight excluding hydrogens is 506 g/mol. The molecule has 0 bridgehead atoms. The lowest BCUT2D eigenvalue weighted by molar-refractivity contribution is -0.157. The number of likely N-dealkylation sites (N-methyl/N-ethyl adjacent to an activating group) is 1. The Balaban J connectivity index is 0.000000389. The summed E-state index contributed by atoms with van der Waals surface area (Å²) in [6.45, 7) is 12.0. The summed E-state index contributed by atoms with van der Waals surface area (Å²) in [6, 6.07) is 14.9. The highest BCUT2D eigenvalue weighted by Gasteiger charge is 2.24. The van der Waals surface area contributed by atoms with Crippen LogP contribution in [-0.4, -0.2) is 46.7 Å². The highest BCUT2D eigenvalue weighted by atomic mass is 16.6. The van der Waals surface area contributed by atoms with E-state index >= 15 is 0 Å². The predicted molar refractivity (Wildman–Crippen MR) is 156 cm³/mol. The van der Waals surface area contributed by atoms with Crippen LogP contribution in [0.25, 0.3) is 11.4 Å². The summed E-state index contributed by atoms with van der Waals surface area (Å²) in [5, 5.41) is 9.62. The molecule has 10 nitrogen and oxygen atoms in total. The third-order valence-corrected chi connectivity index (χ3v) is 5.74. The van der Waals surface area contributed by atoms with Gasteiger partial charge in [0.1, 0.15) is 17.9 Å². The van der Waals surface area contributed by atoms with Crippen molar-refractivity contribution >= 4 is 18.1 Å². The smallest absolute Gasteiger partial charge is 0.323 e. The lowest BCUT2D eigenvalue weighted by Gasteiger charge is -2.23. The molecule has 10 heteroatoms. The van der Waals surface area contributed by atoms with E-state index in [0.29, 0.717) is 17.8 Å². The lowest BCUT2D eigenvalue weighted by Crippen LogP contribution is -2.41. The van der Waals surface area contributed by atoms with Crippen LogP contribution in [0, 0.1) is 5.53 Å². The number of carbonyl (C=O) groups excluding carboxylic acids is 2. The Kier molecular flexibility index (Phi) is 11.3. The maximum absolute atomic E-state index is 12.3. The van der Waals surface area contributed by atoms with Crippen LogP contribution in [0.1, 0.15) is 68.6 Å². The van der Waals surface area contributed by atoms with Gasteiger partial charge in [0.2, 0.25) is 5.84 Å². The number of aldehydes is 1. The van der Waals surface area contributed by atoms with Crippen molar-refractivity contribution in [2.75, 3.05) is 7.05 Å². The Morgan fingerprint density at radius 1 is 1.02 bits per heavy atom. The van der Waals surface area contributed by atoms with E-state index in [2.05, 4.69) is 46.3 Å².